The Hall–Kier alpha value is -2.68. The molecule has 0 saturated carbocycles. The molecule has 0 aromatic heterocycles. The van der Waals surface area contributed by atoms with E-state index in [4.69, 9.17) is 4.74 Å². The van der Waals surface area contributed by atoms with E-state index < -0.39 is 17.7 Å². The average Bonchev–Trinajstić information content (AvgIpc) is 2.65. The number of fused-ring (bicyclic) bond motifs is 2. The van der Waals surface area contributed by atoms with Gasteiger partial charge in [0.25, 0.3) is 0 Å². The number of benzene rings is 2. The highest BCUT2D eigenvalue weighted by molar-refractivity contribution is 7.99. The van der Waals surface area contributed by atoms with Crippen LogP contribution < -0.4 is 9.64 Å². The second-order valence-electron chi connectivity index (χ2n) is 6.95. The van der Waals surface area contributed by atoms with E-state index in [0.29, 0.717) is 35.8 Å². The van der Waals surface area contributed by atoms with Gasteiger partial charge in [-0.1, -0.05) is 11.8 Å². The summed E-state index contributed by atoms with van der Waals surface area (Å²) in [4.78, 5) is 27.5. The summed E-state index contributed by atoms with van der Waals surface area (Å²) in [6.45, 7) is 3.67. The molecule has 0 saturated heterocycles. The van der Waals surface area contributed by atoms with Crippen molar-refractivity contribution in [2.24, 2.45) is 0 Å². The van der Waals surface area contributed by atoms with E-state index in [1.807, 2.05) is 4.90 Å². The van der Waals surface area contributed by atoms with Crippen molar-refractivity contribution in [3.05, 3.63) is 42.0 Å². The molecule has 30 heavy (non-hydrogen) atoms. The summed E-state index contributed by atoms with van der Waals surface area (Å²) in [7, 11) is 1.68. The minimum absolute atomic E-state index is 0.0737. The molecule has 1 aliphatic heterocycles. The molecule has 1 aliphatic rings. The van der Waals surface area contributed by atoms with Crippen molar-refractivity contribution in [2.75, 3.05) is 25.0 Å². The largest absolute Gasteiger partial charge is 0.427 e. The Labute approximate surface area is 176 Å². The molecule has 0 N–H and O–H groups in total. The SMILES string of the molecule is CC(=O)Oc1ccc2c(c1)Sc1ccc(C(F)(F)F)cc1N2CCCN(C)C(C)=O. The Morgan fingerprint density at radius 1 is 1.07 bits per heavy atom. The summed E-state index contributed by atoms with van der Waals surface area (Å²) in [6, 6.07) is 8.73. The van der Waals surface area contributed by atoms with E-state index in [-0.39, 0.29) is 5.91 Å². The van der Waals surface area contributed by atoms with Gasteiger partial charge in [-0.25, -0.2) is 0 Å². The smallest absolute Gasteiger partial charge is 0.416 e. The molecular weight excluding hydrogens is 417 g/mol. The molecule has 3 rings (SSSR count). The second-order valence-corrected chi connectivity index (χ2v) is 8.04. The van der Waals surface area contributed by atoms with Gasteiger partial charge in [-0.2, -0.15) is 13.2 Å². The molecule has 2 aromatic rings. The van der Waals surface area contributed by atoms with Crippen LogP contribution in [0.1, 0.15) is 25.8 Å². The summed E-state index contributed by atoms with van der Waals surface area (Å²) in [5.74, 6) is -0.147. The number of rotatable bonds is 5. The molecular formula is C21H21F3N2O3S. The number of ether oxygens (including phenoxy) is 1. The number of halogens is 3. The van der Waals surface area contributed by atoms with Gasteiger partial charge in [-0.15, -0.1) is 0 Å². The zero-order chi connectivity index (χ0) is 22.1. The Morgan fingerprint density at radius 3 is 2.43 bits per heavy atom. The molecule has 0 radical (unpaired) electrons. The normalized spacial score (nSPS) is 12.8. The summed E-state index contributed by atoms with van der Waals surface area (Å²) in [5, 5.41) is 0. The predicted molar refractivity (Wildman–Crippen MR) is 108 cm³/mol. The van der Waals surface area contributed by atoms with Gasteiger partial charge >= 0.3 is 12.1 Å². The van der Waals surface area contributed by atoms with Crippen LogP contribution in [0.15, 0.2) is 46.2 Å². The molecule has 160 valence electrons. The maximum absolute atomic E-state index is 13.3. The lowest BCUT2D eigenvalue weighted by Gasteiger charge is -2.34. The molecule has 0 atom stereocenters. The number of carbonyl (C=O) groups is 2. The third-order valence-electron chi connectivity index (χ3n) is 4.69. The monoisotopic (exact) mass is 438 g/mol. The van der Waals surface area contributed by atoms with E-state index in [2.05, 4.69) is 0 Å². The fourth-order valence-electron chi connectivity index (χ4n) is 3.13. The van der Waals surface area contributed by atoms with Crippen molar-refractivity contribution < 1.29 is 27.5 Å². The number of alkyl halides is 3. The Balaban J connectivity index is 1.97. The summed E-state index contributed by atoms with van der Waals surface area (Å²) in [5.41, 5.74) is 0.480. The number of hydrogen-bond donors (Lipinski definition) is 0. The van der Waals surface area contributed by atoms with Gasteiger partial charge in [0, 0.05) is 43.8 Å². The van der Waals surface area contributed by atoms with E-state index in [0.717, 1.165) is 22.7 Å². The van der Waals surface area contributed by atoms with E-state index in [9.17, 15) is 22.8 Å². The first-order valence-electron chi connectivity index (χ1n) is 9.27. The maximum Gasteiger partial charge on any atom is 0.416 e. The van der Waals surface area contributed by atoms with Crippen molar-refractivity contribution in [3.63, 3.8) is 0 Å². The van der Waals surface area contributed by atoms with Crippen LogP contribution in [-0.4, -0.2) is 36.9 Å². The molecule has 1 heterocycles. The summed E-state index contributed by atoms with van der Waals surface area (Å²) < 4.78 is 45.0. The van der Waals surface area contributed by atoms with Crippen molar-refractivity contribution in [1.29, 1.82) is 0 Å². The van der Waals surface area contributed by atoms with Gasteiger partial charge in [-0.05, 0) is 42.8 Å². The molecule has 0 unspecified atom stereocenters. The fourth-order valence-corrected chi connectivity index (χ4v) is 4.24. The number of anilines is 2. The van der Waals surface area contributed by atoms with Crippen LogP contribution in [0.4, 0.5) is 24.5 Å². The second kappa shape index (κ2) is 8.59. The number of nitrogens with zero attached hydrogens (tertiary/aromatic N) is 2. The topological polar surface area (TPSA) is 49.9 Å². The zero-order valence-corrected chi connectivity index (χ0v) is 17.6. The zero-order valence-electron chi connectivity index (χ0n) is 16.7. The maximum atomic E-state index is 13.3. The van der Waals surface area contributed by atoms with Crippen LogP contribution in [0.25, 0.3) is 0 Å². The van der Waals surface area contributed by atoms with Crippen LogP contribution in [0.2, 0.25) is 0 Å². The van der Waals surface area contributed by atoms with Crippen molar-refractivity contribution in [3.8, 4) is 5.75 Å². The van der Waals surface area contributed by atoms with Crippen LogP contribution in [0.5, 0.6) is 5.75 Å². The first kappa shape index (κ1) is 22.0. The number of amides is 1. The van der Waals surface area contributed by atoms with Gasteiger partial charge in [0.05, 0.1) is 16.9 Å². The molecule has 0 fully saturated rings. The van der Waals surface area contributed by atoms with Crippen LogP contribution in [0, 0.1) is 0 Å². The molecule has 1 amide bonds. The van der Waals surface area contributed by atoms with Gasteiger partial charge in [-0.3, -0.25) is 9.59 Å². The third kappa shape index (κ3) is 4.89. The van der Waals surface area contributed by atoms with Crippen LogP contribution >= 0.6 is 11.8 Å². The molecule has 2 aromatic carbocycles. The molecule has 0 bridgehead atoms. The molecule has 0 aliphatic carbocycles. The highest BCUT2D eigenvalue weighted by Gasteiger charge is 2.33. The first-order valence-corrected chi connectivity index (χ1v) is 10.1. The Bertz CT molecular complexity index is 978. The van der Waals surface area contributed by atoms with Crippen molar-refractivity contribution in [2.45, 2.75) is 36.2 Å². The van der Waals surface area contributed by atoms with Crippen LogP contribution in [-0.2, 0) is 15.8 Å². The standard InChI is InChI=1S/C21H21F3N2O3S/c1-13(27)25(3)9-4-10-26-17-7-6-16(29-14(2)28)12-20(17)30-19-8-5-15(11-18(19)26)21(22,23)24/h5-8,11-12H,4,9-10H2,1-3H3. The Kier molecular flexibility index (Phi) is 6.30. The predicted octanol–water partition coefficient (Wildman–Crippen LogP) is 5.10. The third-order valence-corrected chi connectivity index (χ3v) is 5.81. The molecule has 9 heteroatoms. The van der Waals surface area contributed by atoms with Gasteiger partial charge < -0.3 is 14.5 Å². The van der Waals surface area contributed by atoms with Gasteiger partial charge in [0.15, 0.2) is 0 Å². The number of hydrogen-bond acceptors (Lipinski definition) is 5. The molecule has 0 spiro atoms. The van der Waals surface area contributed by atoms with Crippen molar-refractivity contribution >= 4 is 35.0 Å². The summed E-state index contributed by atoms with van der Waals surface area (Å²) in [6.07, 6.45) is -3.87. The summed E-state index contributed by atoms with van der Waals surface area (Å²) >= 11 is 1.33. The fraction of sp³-hybridized carbons (Fsp3) is 0.333. The van der Waals surface area contributed by atoms with E-state index in [1.54, 1.807) is 30.1 Å². The van der Waals surface area contributed by atoms with Crippen molar-refractivity contribution in [1.82, 2.24) is 4.90 Å². The Morgan fingerprint density at radius 2 is 1.80 bits per heavy atom. The van der Waals surface area contributed by atoms with Crippen LogP contribution in [0.3, 0.4) is 0 Å². The van der Waals surface area contributed by atoms with Gasteiger partial charge in [0.2, 0.25) is 5.91 Å². The number of carbonyl (C=O) groups excluding carboxylic acids is 2. The first-order chi connectivity index (χ1) is 14.1. The quantitative estimate of drug-likeness (QED) is 0.480. The van der Waals surface area contributed by atoms with Gasteiger partial charge in [0.1, 0.15) is 5.75 Å². The van der Waals surface area contributed by atoms with E-state index >= 15 is 0 Å². The lowest BCUT2D eigenvalue weighted by atomic mass is 10.1. The lowest BCUT2D eigenvalue weighted by Crippen LogP contribution is -2.29. The van der Waals surface area contributed by atoms with E-state index in [1.165, 1.54) is 31.7 Å². The lowest BCUT2D eigenvalue weighted by molar-refractivity contribution is -0.137. The average molecular weight is 438 g/mol. The molecule has 5 nitrogen and oxygen atoms in total. The minimum atomic E-state index is -4.44. The highest BCUT2D eigenvalue weighted by atomic mass is 32.2. The highest BCUT2D eigenvalue weighted by Crippen LogP contribution is 2.50. The minimum Gasteiger partial charge on any atom is -0.427 e. The number of esters is 1.